The lowest BCUT2D eigenvalue weighted by atomic mass is 10.2. The highest BCUT2D eigenvalue weighted by Crippen LogP contribution is 2.23. The molecule has 1 heterocycles. The quantitative estimate of drug-likeness (QED) is 0.429. The van der Waals surface area contributed by atoms with Crippen molar-refractivity contribution in [3.8, 4) is 0 Å². The van der Waals surface area contributed by atoms with Crippen molar-refractivity contribution in [3.63, 3.8) is 0 Å². The number of ether oxygens (including phenoxy) is 1. The third kappa shape index (κ3) is 6.21. The minimum atomic E-state index is 0.401. The van der Waals surface area contributed by atoms with Crippen LogP contribution in [0.25, 0.3) is 0 Å². The Kier molecular flexibility index (Phi) is 8.19. The molecule has 0 aliphatic carbocycles. The van der Waals surface area contributed by atoms with Crippen LogP contribution in [-0.2, 0) is 4.74 Å². The number of aliphatic imine (C=N–C) groups is 1. The van der Waals surface area contributed by atoms with Crippen LogP contribution in [0.4, 0.5) is 5.69 Å². The summed E-state index contributed by atoms with van der Waals surface area (Å²) in [5, 5.41) is 7.68. The minimum absolute atomic E-state index is 0.401. The van der Waals surface area contributed by atoms with Crippen LogP contribution < -0.4 is 15.5 Å². The summed E-state index contributed by atoms with van der Waals surface area (Å²) in [5.41, 5.74) is 1.19. The van der Waals surface area contributed by atoms with Gasteiger partial charge in [0.1, 0.15) is 0 Å². The van der Waals surface area contributed by atoms with Crippen LogP contribution in [0.5, 0.6) is 0 Å². The summed E-state index contributed by atoms with van der Waals surface area (Å²) in [6.07, 6.45) is 3.25. The molecular weight excluding hydrogens is 324 g/mol. The van der Waals surface area contributed by atoms with Crippen molar-refractivity contribution in [1.29, 1.82) is 0 Å². The Morgan fingerprint density at radius 1 is 1.42 bits per heavy atom. The molecule has 1 saturated heterocycles. The molecule has 0 radical (unpaired) electrons. The molecule has 0 bridgehead atoms. The smallest absolute Gasteiger partial charge is 0.191 e. The molecule has 2 rings (SSSR count). The Morgan fingerprint density at radius 2 is 2.29 bits per heavy atom. The Morgan fingerprint density at radius 3 is 3.04 bits per heavy atom. The molecule has 1 unspecified atom stereocenters. The van der Waals surface area contributed by atoms with Crippen molar-refractivity contribution in [3.05, 3.63) is 29.3 Å². The van der Waals surface area contributed by atoms with Crippen LogP contribution >= 0.6 is 11.6 Å². The second-order valence-electron chi connectivity index (χ2n) is 5.96. The molecule has 6 heteroatoms. The van der Waals surface area contributed by atoms with Crippen LogP contribution in [-0.4, -0.2) is 51.9 Å². The first-order valence-corrected chi connectivity index (χ1v) is 9.16. The summed E-state index contributed by atoms with van der Waals surface area (Å²) >= 11 is 6.09. The van der Waals surface area contributed by atoms with Gasteiger partial charge in [0, 0.05) is 56.6 Å². The van der Waals surface area contributed by atoms with Crippen molar-refractivity contribution in [2.75, 3.05) is 44.8 Å². The number of hydrogen-bond donors (Lipinski definition) is 2. The maximum atomic E-state index is 6.09. The van der Waals surface area contributed by atoms with Crippen molar-refractivity contribution >= 4 is 23.2 Å². The van der Waals surface area contributed by atoms with Gasteiger partial charge in [-0.25, -0.2) is 0 Å². The maximum absolute atomic E-state index is 6.09. The molecule has 2 N–H and O–H groups in total. The van der Waals surface area contributed by atoms with Gasteiger partial charge in [0.25, 0.3) is 0 Å². The van der Waals surface area contributed by atoms with E-state index in [4.69, 9.17) is 16.3 Å². The topological polar surface area (TPSA) is 48.9 Å². The highest BCUT2D eigenvalue weighted by Gasteiger charge is 2.23. The maximum Gasteiger partial charge on any atom is 0.191 e. The molecule has 1 aromatic carbocycles. The van der Waals surface area contributed by atoms with E-state index < -0.39 is 0 Å². The number of nitrogens with one attached hydrogen (secondary N) is 2. The highest BCUT2D eigenvalue weighted by atomic mass is 35.5. The number of guanidine groups is 1. The zero-order chi connectivity index (χ0) is 17.2. The van der Waals surface area contributed by atoms with Crippen LogP contribution in [0.2, 0.25) is 5.02 Å². The van der Waals surface area contributed by atoms with Gasteiger partial charge in [-0.3, -0.25) is 4.99 Å². The Labute approximate surface area is 150 Å². The summed E-state index contributed by atoms with van der Waals surface area (Å²) in [6, 6.07) is 8.45. The van der Waals surface area contributed by atoms with E-state index in [2.05, 4.69) is 26.6 Å². The van der Waals surface area contributed by atoms with Gasteiger partial charge in [-0.1, -0.05) is 17.7 Å². The average Bonchev–Trinajstić information content (AvgIpc) is 3.05. The monoisotopic (exact) mass is 352 g/mol. The van der Waals surface area contributed by atoms with Gasteiger partial charge < -0.3 is 20.3 Å². The molecule has 0 amide bonds. The second kappa shape index (κ2) is 10.4. The van der Waals surface area contributed by atoms with Crippen LogP contribution in [0, 0.1) is 0 Å². The number of unbranched alkanes of at least 4 members (excludes halogenated alkanes) is 1. The largest absolute Gasteiger partial charge is 0.382 e. The Bertz CT molecular complexity index is 523. The van der Waals surface area contributed by atoms with E-state index in [9.17, 15) is 0 Å². The predicted molar refractivity (Wildman–Crippen MR) is 102 cm³/mol. The fourth-order valence-corrected chi connectivity index (χ4v) is 3.04. The summed E-state index contributed by atoms with van der Waals surface area (Å²) in [5.74, 6) is 0.879. The van der Waals surface area contributed by atoms with Gasteiger partial charge in [0.05, 0.1) is 0 Å². The third-order valence-corrected chi connectivity index (χ3v) is 4.37. The van der Waals surface area contributed by atoms with Crippen LogP contribution in [0.15, 0.2) is 29.3 Å². The van der Waals surface area contributed by atoms with E-state index in [1.165, 1.54) is 5.69 Å². The van der Waals surface area contributed by atoms with Crippen LogP contribution in [0.1, 0.15) is 26.2 Å². The third-order valence-electron chi connectivity index (χ3n) is 4.14. The number of nitrogens with zero attached hydrogens (tertiary/aromatic N) is 2. The van der Waals surface area contributed by atoms with E-state index in [-0.39, 0.29) is 0 Å². The molecule has 24 heavy (non-hydrogen) atoms. The van der Waals surface area contributed by atoms with Gasteiger partial charge in [0.2, 0.25) is 0 Å². The molecule has 0 spiro atoms. The van der Waals surface area contributed by atoms with Crippen molar-refractivity contribution in [2.45, 2.75) is 32.2 Å². The molecule has 1 aromatic rings. The second-order valence-corrected chi connectivity index (χ2v) is 6.40. The molecule has 1 fully saturated rings. The molecule has 0 saturated carbocycles. The molecular formula is C18H29ClN4O. The van der Waals surface area contributed by atoms with E-state index in [0.29, 0.717) is 6.04 Å². The lowest BCUT2D eigenvalue weighted by Crippen LogP contribution is -2.44. The number of rotatable bonds is 8. The molecule has 134 valence electrons. The van der Waals surface area contributed by atoms with E-state index in [1.54, 1.807) is 0 Å². The average molecular weight is 353 g/mol. The first-order valence-electron chi connectivity index (χ1n) is 8.78. The highest BCUT2D eigenvalue weighted by molar-refractivity contribution is 6.30. The van der Waals surface area contributed by atoms with Gasteiger partial charge in [-0.05, 0) is 44.4 Å². The normalized spacial score (nSPS) is 18.0. The van der Waals surface area contributed by atoms with E-state index >= 15 is 0 Å². The molecule has 1 aliphatic heterocycles. The van der Waals surface area contributed by atoms with Gasteiger partial charge >= 0.3 is 0 Å². The fraction of sp³-hybridized carbons (Fsp3) is 0.611. The number of benzene rings is 1. The summed E-state index contributed by atoms with van der Waals surface area (Å²) < 4.78 is 5.35. The van der Waals surface area contributed by atoms with E-state index in [0.717, 1.165) is 63.1 Å². The van der Waals surface area contributed by atoms with Gasteiger partial charge in [0.15, 0.2) is 5.96 Å². The van der Waals surface area contributed by atoms with Gasteiger partial charge in [-0.15, -0.1) is 0 Å². The SMILES string of the molecule is CCOCCCCNC(=NC)NC1CCN(c2cccc(Cl)c2)C1. The summed E-state index contributed by atoms with van der Waals surface area (Å²) in [7, 11) is 1.82. The Balaban J connectivity index is 1.71. The fourth-order valence-electron chi connectivity index (χ4n) is 2.85. The lowest BCUT2D eigenvalue weighted by Gasteiger charge is -2.20. The van der Waals surface area contributed by atoms with Crippen molar-refractivity contribution in [1.82, 2.24) is 10.6 Å². The zero-order valence-electron chi connectivity index (χ0n) is 14.7. The molecule has 1 atom stereocenters. The predicted octanol–water partition coefficient (Wildman–Crippen LogP) is 2.90. The molecule has 0 aromatic heterocycles. The molecule has 5 nitrogen and oxygen atoms in total. The summed E-state index contributed by atoms with van der Waals surface area (Å²) in [4.78, 5) is 6.68. The first-order chi connectivity index (χ1) is 11.7. The van der Waals surface area contributed by atoms with Crippen LogP contribution in [0.3, 0.4) is 0 Å². The Hall–Kier alpha value is -1.46. The summed E-state index contributed by atoms with van der Waals surface area (Å²) in [6.45, 7) is 6.56. The lowest BCUT2D eigenvalue weighted by molar-refractivity contribution is 0.143. The number of anilines is 1. The van der Waals surface area contributed by atoms with Crippen molar-refractivity contribution in [2.24, 2.45) is 4.99 Å². The zero-order valence-corrected chi connectivity index (χ0v) is 15.5. The minimum Gasteiger partial charge on any atom is -0.382 e. The first kappa shape index (κ1) is 18.9. The number of halogens is 1. The molecule has 1 aliphatic rings. The van der Waals surface area contributed by atoms with Gasteiger partial charge in [-0.2, -0.15) is 0 Å². The standard InChI is InChI=1S/C18H29ClN4O/c1-3-24-12-5-4-10-21-18(20-2)22-16-9-11-23(14-16)17-8-6-7-15(19)13-17/h6-8,13,16H,3-5,9-12,14H2,1-2H3,(H2,20,21,22). The van der Waals surface area contributed by atoms with Crippen molar-refractivity contribution < 1.29 is 4.74 Å². The van der Waals surface area contributed by atoms with E-state index in [1.807, 2.05) is 32.2 Å². The number of hydrogen-bond acceptors (Lipinski definition) is 3.